The first kappa shape index (κ1) is 22.9. The maximum atomic E-state index is 10.4. The molecule has 0 heterocycles. The van der Waals surface area contributed by atoms with E-state index in [1.165, 1.54) is 70.6 Å². The van der Waals surface area contributed by atoms with E-state index in [1.807, 2.05) is 0 Å². The minimum atomic E-state index is -0.669. The van der Waals surface area contributed by atoms with Crippen LogP contribution in [0.3, 0.4) is 0 Å². The van der Waals surface area contributed by atoms with Gasteiger partial charge in [0.2, 0.25) is 0 Å². The van der Waals surface area contributed by atoms with Gasteiger partial charge in [-0.15, -0.1) is 0 Å². The summed E-state index contributed by atoms with van der Waals surface area (Å²) in [6, 6.07) is 0. The highest BCUT2D eigenvalue weighted by molar-refractivity contribution is 5.66. The molecular formula is C22H40O2. The summed E-state index contributed by atoms with van der Waals surface area (Å²) in [4.78, 5) is 10.4. The van der Waals surface area contributed by atoms with Crippen LogP contribution in [0.2, 0.25) is 0 Å². The zero-order valence-electron chi connectivity index (χ0n) is 16.0. The summed E-state index contributed by atoms with van der Waals surface area (Å²) in [5.74, 6) is -0.669. The summed E-state index contributed by atoms with van der Waals surface area (Å²) in [6.45, 7) is 2.27. The van der Waals surface area contributed by atoms with E-state index in [2.05, 4.69) is 31.2 Å². The average molecular weight is 337 g/mol. The lowest BCUT2D eigenvalue weighted by atomic mass is 10.1. The van der Waals surface area contributed by atoms with Crippen molar-refractivity contribution in [2.75, 3.05) is 0 Å². The van der Waals surface area contributed by atoms with Crippen molar-refractivity contribution >= 4 is 5.97 Å². The fourth-order valence-corrected chi connectivity index (χ4v) is 2.79. The van der Waals surface area contributed by atoms with Crippen LogP contribution in [0.25, 0.3) is 0 Å². The number of hydrogen-bond acceptors (Lipinski definition) is 1. The molecule has 1 N–H and O–H groups in total. The van der Waals surface area contributed by atoms with E-state index in [0.717, 1.165) is 25.7 Å². The third-order valence-corrected chi connectivity index (χ3v) is 4.34. The first-order valence-corrected chi connectivity index (χ1v) is 10.3. The van der Waals surface area contributed by atoms with Crippen LogP contribution < -0.4 is 0 Å². The second-order valence-electron chi connectivity index (χ2n) is 6.79. The van der Waals surface area contributed by atoms with Gasteiger partial charge in [-0.25, -0.2) is 0 Å². The zero-order valence-corrected chi connectivity index (χ0v) is 16.0. The molecular weight excluding hydrogens is 296 g/mol. The van der Waals surface area contributed by atoms with Crippen LogP contribution in [0.15, 0.2) is 24.3 Å². The molecule has 24 heavy (non-hydrogen) atoms. The van der Waals surface area contributed by atoms with Crippen LogP contribution in [0.5, 0.6) is 0 Å². The average Bonchev–Trinajstić information content (AvgIpc) is 2.56. The molecule has 0 aliphatic rings. The van der Waals surface area contributed by atoms with Gasteiger partial charge >= 0.3 is 5.97 Å². The summed E-state index contributed by atoms with van der Waals surface area (Å²) in [7, 11) is 0. The third-order valence-electron chi connectivity index (χ3n) is 4.34. The number of allylic oxidation sites excluding steroid dienone is 4. The molecule has 0 aromatic rings. The summed E-state index contributed by atoms with van der Waals surface area (Å²) < 4.78 is 0. The summed E-state index contributed by atoms with van der Waals surface area (Å²) in [6.07, 6.45) is 28.2. The second kappa shape index (κ2) is 20.0. The maximum absolute atomic E-state index is 10.4. The van der Waals surface area contributed by atoms with Crippen molar-refractivity contribution < 1.29 is 9.90 Å². The molecule has 0 aliphatic heterocycles. The van der Waals surface area contributed by atoms with Gasteiger partial charge in [0, 0.05) is 6.42 Å². The number of hydrogen-bond donors (Lipinski definition) is 1. The van der Waals surface area contributed by atoms with E-state index < -0.39 is 5.97 Å². The highest BCUT2D eigenvalue weighted by atomic mass is 16.4. The van der Waals surface area contributed by atoms with Crippen molar-refractivity contribution in [3.8, 4) is 0 Å². The van der Waals surface area contributed by atoms with Gasteiger partial charge in [-0.3, -0.25) is 4.79 Å². The Morgan fingerprint density at radius 2 is 1.12 bits per heavy atom. The topological polar surface area (TPSA) is 37.3 Å². The number of rotatable bonds is 18. The van der Waals surface area contributed by atoms with E-state index in [9.17, 15) is 4.79 Å². The molecule has 0 rings (SSSR count). The standard InChI is InChI=1S/C22H40O2/c1-2-3-4-5-6-7-8-9-10-11-12-13-14-15-16-17-18-19-20-21-22(23)24/h10-11,13-14H,2-9,12,15-21H2,1H3,(H,23,24)/b11-10+,14-13+. The lowest BCUT2D eigenvalue weighted by molar-refractivity contribution is -0.137. The van der Waals surface area contributed by atoms with Gasteiger partial charge in [0.05, 0.1) is 0 Å². The van der Waals surface area contributed by atoms with Gasteiger partial charge in [0.1, 0.15) is 0 Å². The summed E-state index contributed by atoms with van der Waals surface area (Å²) in [5.41, 5.74) is 0. The second-order valence-corrected chi connectivity index (χ2v) is 6.79. The Labute approximate surface area is 150 Å². The van der Waals surface area contributed by atoms with Crippen LogP contribution in [0, 0.1) is 0 Å². The summed E-state index contributed by atoms with van der Waals surface area (Å²) >= 11 is 0. The Balaban J connectivity index is 3.18. The van der Waals surface area contributed by atoms with Gasteiger partial charge in [-0.05, 0) is 38.5 Å². The van der Waals surface area contributed by atoms with Crippen LogP contribution in [-0.4, -0.2) is 11.1 Å². The van der Waals surface area contributed by atoms with Crippen LogP contribution >= 0.6 is 0 Å². The van der Waals surface area contributed by atoms with Crippen molar-refractivity contribution in [2.24, 2.45) is 0 Å². The van der Waals surface area contributed by atoms with Crippen molar-refractivity contribution in [2.45, 2.75) is 110 Å². The quantitative estimate of drug-likeness (QED) is 0.208. The number of carboxylic acid groups (broad SMARTS) is 1. The molecule has 0 saturated heterocycles. The molecule has 140 valence electrons. The molecule has 0 aromatic heterocycles. The lowest BCUT2D eigenvalue weighted by Crippen LogP contribution is -1.93. The van der Waals surface area contributed by atoms with Gasteiger partial charge < -0.3 is 5.11 Å². The Hall–Kier alpha value is -1.05. The molecule has 0 saturated carbocycles. The van der Waals surface area contributed by atoms with E-state index in [-0.39, 0.29) is 0 Å². The highest BCUT2D eigenvalue weighted by Gasteiger charge is 1.95. The zero-order chi connectivity index (χ0) is 17.7. The molecule has 0 unspecified atom stereocenters. The van der Waals surface area contributed by atoms with Crippen molar-refractivity contribution in [3.63, 3.8) is 0 Å². The number of aliphatic carboxylic acids is 1. The Morgan fingerprint density at radius 3 is 1.62 bits per heavy atom. The Bertz CT molecular complexity index is 318. The fourth-order valence-electron chi connectivity index (χ4n) is 2.79. The van der Waals surface area contributed by atoms with Crippen LogP contribution in [-0.2, 0) is 4.79 Å². The molecule has 2 nitrogen and oxygen atoms in total. The minimum absolute atomic E-state index is 0.324. The highest BCUT2D eigenvalue weighted by Crippen LogP contribution is 2.09. The van der Waals surface area contributed by atoms with Gasteiger partial charge in [0.15, 0.2) is 0 Å². The number of carbonyl (C=O) groups is 1. The molecule has 0 fully saturated rings. The predicted molar refractivity (Wildman–Crippen MR) is 105 cm³/mol. The number of unbranched alkanes of at least 4 members (excludes halogenated alkanes) is 12. The molecule has 2 heteroatoms. The van der Waals surface area contributed by atoms with Crippen molar-refractivity contribution in [1.82, 2.24) is 0 Å². The first-order chi connectivity index (χ1) is 11.8. The lowest BCUT2D eigenvalue weighted by Gasteiger charge is -1.98. The smallest absolute Gasteiger partial charge is 0.303 e. The molecule has 0 aromatic carbocycles. The van der Waals surface area contributed by atoms with E-state index in [4.69, 9.17) is 5.11 Å². The molecule has 0 aliphatic carbocycles. The third kappa shape index (κ3) is 20.9. The molecule has 0 atom stereocenters. The molecule has 0 bridgehead atoms. The molecule has 0 radical (unpaired) electrons. The first-order valence-electron chi connectivity index (χ1n) is 10.3. The van der Waals surface area contributed by atoms with E-state index >= 15 is 0 Å². The monoisotopic (exact) mass is 336 g/mol. The van der Waals surface area contributed by atoms with Crippen molar-refractivity contribution in [1.29, 1.82) is 0 Å². The predicted octanol–water partition coefficient (Wildman–Crippen LogP) is 7.44. The van der Waals surface area contributed by atoms with Gasteiger partial charge in [-0.2, -0.15) is 0 Å². The Morgan fingerprint density at radius 1 is 0.667 bits per heavy atom. The molecule has 0 spiro atoms. The van der Waals surface area contributed by atoms with E-state index in [0.29, 0.717) is 6.42 Å². The summed E-state index contributed by atoms with van der Waals surface area (Å²) in [5, 5.41) is 8.54. The largest absolute Gasteiger partial charge is 0.481 e. The SMILES string of the molecule is CCCCCCCCC/C=C/C/C=C/CCCCCCCC(=O)O. The van der Waals surface area contributed by atoms with Crippen LogP contribution in [0.1, 0.15) is 110 Å². The van der Waals surface area contributed by atoms with Crippen LogP contribution in [0.4, 0.5) is 0 Å². The van der Waals surface area contributed by atoms with Crippen molar-refractivity contribution in [3.05, 3.63) is 24.3 Å². The number of carboxylic acids is 1. The van der Waals surface area contributed by atoms with E-state index in [1.54, 1.807) is 0 Å². The maximum Gasteiger partial charge on any atom is 0.303 e. The van der Waals surface area contributed by atoms with Gasteiger partial charge in [-0.1, -0.05) is 89.0 Å². The molecule has 0 amide bonds. The fraction of sp³-hybridized carbons (Fsp3) is 0.773. The Kier molecular flexibility index (Phi) is 19.1. The van der Waals surface area contributed by atoms with Gasteiger partial charge in [0.25, 0.3) is 0 Å². The normalized spacial score (nSPS) is 11.7. The minimum Gasteiger partial charge on any atom is -0.481 e.